The van der Waals surface area contributed by atoms with Crippen LogP contribution in [0.5, 0.6) is 0 Å². The lowest BCUT2D eigenvalue weighted by molar-refractivity contribution is 0.929. The molecule has 0 N–H and O–H groups in total. The number of para-hydroxylation sites is 6. The Labute approximate surface area is 518 Å². The van der Waals surface area contributed by atoms with Crippen LogP contribution in [-0.4, -0.2) is 48.6 Å². The van der Waals surface area contributed by atoms with E-state index in [2.05, 4.69) is 291 Å². The molecule has 0 aliphatic rings. The number of nitrogens with zero attached hydrogens (tertiary/aromatic N) is 10. The predicted octanol–water partition coefficient (Wildman–Crippen LogP) is 19.3. The summed E-state index contributed by atoms with van der Waals surface area (Å²) in [5.74, 6) is 3.16. The van der Waals surface area contributed by atoms with Crippen molar-refractivity contribution in [2.24, 2.45) is 0 Å². The van der Waals surface area contributed by atoms with Crippen molar-refractivity contribution in [2.45, 2.75) is 20.8 Å². The first-order valence-electron chi connectivity index (χ1n) is 30.3. The number of hydrogen-bond acceptors (Lipinski definition) is 7. The lowest BCUT2D eigenvalue weighted by Crippen LogP contribution is -2.06. The van der Waals surface area contributed by atoms with E-state index in [4.69, 9.17) is 24.9 Å². The molecule has 0 saturated heterocycles. The van der Waals surface area contributed by atoms with Crippen LogP contribution in [0.3, 0.4) is 0 Å². The van der Waals surface area contributed by atoms with Gasteiger partial charge in [0.1, 0.15) is 23.8 Å². The van der Waals surface area contributed by atoms with Gasteiger partial charge in [0.05, 0.1) is 61.6 Å². The van der Waals surface area contributed by atoms with E-state index in [0.29, 0.717) is 29.1 Å². The van der Waals surface area contributed by atoms with E-state index in [-0.39, 0.29) is 0 Å². The summed E-state index contributed by atoms with van der Waals surface area (Å²) in [5.41, 5.74) is 21.1. The molecule has 0 fully saturated rings. The number of rotatable bonds is 10. The molecule has 0 unspecified atom stereocenters. The summed E-state index contributed by atoms with van der Waals surface area (Å²) in [4.78, 5) is 34.1. The van der Waals surface area contributed by atoms with Crippen LogP contribution in [0.1, 0.15) is 17.5 Å². The molecule has 10 nitrogen and oxygen atoms in total. The van der Waals surface area contributed by atoms with Crippen molar-refractivity contribution in [3.05, 3.63) is 291 Å². The highest BCUT2D eigenvalue weighted by molar-refractivity contribution is 6.15. The highest BCUT2D eigenvalue weighted by Crippen LogP contribution is 2.49. The average molecular weight is 1160 g/mol. The fourth-order valence-corrected chi connectivity index (χ4v) is 13.6. The van der Waals surface area contributed by atoms with Gasteiger partial charge < -0.3 is 13.7 Å². The van der Waals surface area contributed by atoms with Crippen molar-refractivity contribution < 1.29 is 0 Å². The lowest BCUT2D eigenvalue weighted by Gasteiger charge is -2.24. The van der Waals surface area contributed by atoms with Crippen LogP contribution in [0, 0.1) is 20.8 Å². The van der Waals surface area contributed by atoms with Crippen molar-refractivity contribution in [3.8, 4) is 95.7 Å². The molecule has 0 spiro atoms. The monoisotopic (exact) mass is 1150 g/mol. The number of aromatic nitrogens is 10. The molecule has 0 atom stereocenters. The van der Waals surface area contributed by atoms with Crippen LogP contribution in [-0.2, 0) is 0 Å². The minimum atomic E-state index is 0.594. The predicted molar refractivity (Wildman–Crippen MR) is 366 cm³/mol. The molecule has 0 aliphatic heterocycles. The van der Waals surface area contributed by atoms with E-state index >= 15 is 0 Å². The second-order valence-electron chi connectivity index (χ2n) is 23.0. The van der Waals surface area contributed by atoms with E-state index < -0.39 is 0 Å². The van der Waals surface area contributed by atoms with Gasteiger partial charge in [-0.15, -0.1) is 0 Å². The van der Waals surface area contributed by atoms with Crippen molar-refractivity contribution >= 4 is 65.4 Å². The highest BCUT2D eigenvalue weighted by Gasteiger charge is 2.28. The molecular formula is C80H54N10. The lowest BCUT2D eigenvalue weighted by atomic mass is 9.89. The smallest absolute Gasteiger partial charge is 0.163 e. The molecule has 6 heterocycles. The van der Waals surface area contributed by atoms with Gasteiger partial charge >= 0.3 is 0 Å². The van der Waals surface area contributed by atoms with Gasteiger partial charge in [-0.05, 0) is 129 Å². The fraction of sp³-hybridized carbons (Fsp3) is 0.0375. The number of fused-ring (bicyclic) bond motifs is 9. The first kappa shape index (κ1) is 52.3. The second kappa shape index (κ2) is 21.1. The Morgan fingerprint density at radius 3 is 1.16 bits per heavy atom. The zero-order valence-electron chi connectivity index (χ0n) is 49.5. The molecule has 424 valence electrons. The first-order chi connectivity index (χ1) is 44.4. The third-order valence-electron chi connectivity index (χ3n) is 17.5. The van der Waals surface area contributed by atoms with Crippen molar-refractivity contribution in [1.29, 1.82) is 0 Å². The van der Waals surface area contributed by atoms with Crippen LogP contribution in [0.2, 0.25) is 0 Å². The summed E-state index contributed by atoms with van der Waals surface area (Å²) in [6.45, 7) is 5.74. The molecule has 6 aromatic heterocycles. The highest BCUT2D eigenvalue weighted by atomic mass is 15.0. The first-order valence-corrected chi connectivity index (χ1v) is 30.3. The third kappa shape index (κ3) is 8.67. The summed E-state index contributed by atoms with van der Waals surface area (Å²) < 4.78 is 7.39. The molecule has 0 saturated carbocycles. The summed E-state index contributed by atoms with van der Waals surface area (Å²) in [7, 11) is 0. The number of aryl methyl sites for hydroxylation is 3. The number of hydrogen-bond donors (Lipinski definition) is 0. The largest absolute Gasteiger partial charge is 0.309 e. The topological polar surface area (TPSA) is 105 Å². The molecule has 0 amide bonds. The standard InChI is InChI=1S/C80H54N10/c1-49-81-48-82-79(84-49)54-38-40-76-64(42-54)65-43-55(80-85-50(2)83-51(3)86-80)39-41-77(65)90(76)78-66(62-30-14-20-36-74(62)88-70-32-16-10-26-58(70)59-27-11-17-33-71(59)88)44-57(69-47-56(52-22-6-4-7-23-52)46-68(87-69)53-24-8-5-9-25-53)45-67(78)63-31-15-21-37-75(63)89-72-34-18-12-28-60(72)61-29-13-19-35-73(61)89/h4-48H,1-3H3. The normalized spacial score (nSPS) is 11.7. The van der Waals surface area contributed by atoms with Gasteiger partial charge in [-0.2, -0.15) is 0 Å². The second-order valence-corrected chi connectivity index (χ2v) is 23.0. The Hall–Kier alpha value is -12.0. The van der Waals surface area contributed by atoms with Gasteiger partial charge in [0.25, 0.3) is 0 Å². The molecule has 17 aromatic rings. The quantitative estimate of drug-likeness (QED) is 0.134. The van der Waals surface area contributed by atoms with Gasteiger partial charge in [-0.25, -0.2) is 34.9 Å². The van der Waals surface area contributed by atoms with E-state index in [1.807, 2.05) is 20.8 Å². The molecule has 11 aromatic carbocycles. The van der Waals surface area contributed by atoms with Crippen LogP contribution in [0.15, 0.2) is 273 Å². The molecule has 0 bridgehead atoms. The Morgan fingerprint density at radius 2 is 0.656 bits per heavy atom. The fourth-order valence-electron chi connectivity index (χ4n) is 13.6. The van der Waals surface area contributed by atoms with Crippen LogP contribution < -0.4 is 0 Å². The summed E-state index contributed by atoms with van der Waals surface area (Å²) in [5, 5.41) is 6.72. The molecular weight excluding hydrogens is 1100 g/mol. The van der Waals surface area contributed by atoms with Gasteiger partial charge in [0, 0.05) is 76.8 Å². The van der Waals surface area contributed by atoms with Crippen LogP contribution in [0.4, 0.5) is 0 Å². The molecule has 17 rings (SSSR count). The van der Waals surface area contributed by atoms with Gasteiger partial charge in [-0.3, -0.25) is 0 Å². The van der Waals surface area contributed by atoms with E-state index in [9.17, 15) is 0 Å². The Bertz CT molecular complexity index is 5360. The van der Waals surface area contributed by atoms with E-state index in [1.165, 1.54) is 21.5 Å². The zero-order valence-corrected chi connectivity index (χ0v) is 49.5. The molecule has 90 heavy (non-hydrogen) atoms. The minimum absolute atomic E-state index is 0.594. The molecule has 0 radical (unpaired) electrons. The van der Waals surface area contributed by atoms with Crippen molar-refractivity contribution in [1.82, 2.24) is 48.6 Å². The molecule has 0 aliphatic carbocycles. The number of pyridine rings is 1. The number of benzene rings is 11. The summed E-state index contributed by atoms with van der Waals surface area (Å²) >= 11 is 0. The SMILES string of the molecule is Cc1ncnc(-c2ccc3c(c2)c2cc(-c4nc(C)nc(C)n4)ccc2n3-c2c(-c3ccccc3-n3c4ccccc4c4ccccc43)cc(-c3cc(-c4ccccc4)cc(-c4ccccc4)n3)cc2-c2ccccc2-n2c3ccccc3c3ccccc32)n1. The average Bonchev–Trinajstić information content (AvgIpc) is 1.61. The van der Waals surface area contributed by atoms with Crippen molar-refractivity contribution in [3.63, 3.8) is 0 Å². The minimum Gasteiger partial charge on any atom is -0.309 e. The molecule has 10 heteroatoms. The van der Waals surface area contributed by atoms with Crippen LogP contribution >= 0.6 is 0 Å². The Kier molecular flexibility index (Phi) is 12.3. The summed E-state index contributed by atoms with van der Waals surface area (Å²) in [6.07, 6.45) is 1.59. The maximum absolute atomic E-state index is 5.72. The van der Waals surface area contributed by atoms with Gasteiger partial charge in [-0.1, -0.05) is 170 Å². The summed E-state index contributed by atoms with van der Waals surface area (Å²) in [6, 6.07) is 96.5. The maximum atomic E-state index is 5.72. The maximum Gasteiger partial charge on any atom is 0.163 e. The zero-order chi connectivity index (χ0) is 60.0. The Balaban J connectivity index is 1.06. The van der Waals surface area contributed by atoms with Crippen LogP contribution in [0.25, 0.3) is 161 Å². The van der Waals surface area contributed by atoms with Gasteiger partial charge in [0.15, 0.2) is 11.6 Å². The van der Waals surface area contributed by atoms with Crippen molar-refractivity contribution in [2.75, 3.05) is 0 Å². The van der Waals surface area contributed by atoms with Gasteiger partial charge in [0.2, 0.25) is 0 Å². The Morgan fingerprint density at radius 1 is 0.244 bits per heavy atom. The van der Waals surface area contributed by atoms with E-state index in [0.717, 1.165) is 128 Å². The third-order valence-corrected chi connectivity index (χ3v) is 17.5. The van der Waals surface area contributed by atoms with E-state index in [1.54, 1.807) is 6.33 Å².